The minimum absolute atomic E-state index is 0.0759. The van der Waals surface area contributed by atoms with Crippen LogP contribution in [0.25, 0.3) is 11.0 Å². The number of fused-ring (bicyclic) bond motifs is 2. The molecule has 1 amide bonds. The van der Waals surface area contributed by atoms with Gasteiger partial charge >= 0.3 is 0 Å². The van der Waals surface area contributed by atoms with Gasteiger partial charge in [0.1, 0.15) is 5.58 Å². The fourth-order valence-electron chi connectivity index (χ4n) is 4.23. The molecule has 0 saturated carbocycles. The van der Waals surface area contributed by atoms with Gasteiger partial charge in [0, 0.05) is 29.6 Å². The first-order chi connectivity index (χ1) is 11.2. The second kappa shape index (κ2) is 5.65. The first-order valence-electron chi connectivity index (χ1n) is 8.33. The van der Waals surface area contributed by atoms with Gasteiger partial charge in [-0.05, 0) is 38.9 Å². The lowest BCUT2D eigenvalue weighted by molar-refractivity contribution is 0.0599. The van der Waals surface area contributed by atoms with Crippen molar-refractivity contribution in [2.45, 2.75) is 38.0 Å². The SMILES string of the molecule is CN1CCCC2C1CCN2C(=O)c1oc2ccccc2c1CO. The Bertz CT molecular complexity index is 739. The molecule has 0 aliphatic carbocycles. The maximum atomic E-state index is 13.1. The van der Waals surface area contributed by atoms with Crippen molar-refractivity contribution in [1.29, 1.82) is 0 Å². The number of hydrogen-bond acceptors (Lipinski definition) is 4. The van der Waals surface area contributed by atoms with Crippen LogP contribution < -0.4 is 0 Å². The van der Waals surface area contributed by atoms with Crippen molar-refractivity contribution in [2.24, 2.45) is 0 Å². The van der Waals surface area contributed by atoms with E-state index >= 15 is 0 Å². The minimum Gasteiger partial charge on any atom is -0.451 e. The minimum atomic E-state index is -0.181. The third-order valence-corrected chi connectivity index (χ3v) is 5.40. The van der Waals surface area contributed by atoms with Gasteiger partial charge in [-0.3, -0.25) is 4.79 Å². The van der Waals surface area contributed by atoms with E-state index in [2.05, 4.69) is 11.9 Å². The number of para-hydroxylation sites is 1. The zero-order valence-electron chi connectivity index (χ0n) is 13.4. The maximum Gasteiger partial charge on any atom is 0.290 e. The number of likely N-dealkylation sites (N-methyl/N-ethyl adjacent to an activating group) is 1. The first kappa shape index (κ1) is 14.7. The monoisotopic (exact) mass is 314 g/mol. The predicted octanol–water partition coefficient (Wildman–Crippen LogP) is 2.23. The number of benzene rings is 1. The average Bonchev–Trinajstić information content (AvgIpc) is 3.16. The van der Waals surface area contributed by atoms with Gasteiger partial charge in [-0.1, -0.05) is 18.2 Å². The number of likely N-dealkylation sites (tertiary alicyclic amines) is 2. The van der Waals surface area contributed by atoms with Crippen molar-refractivity contribution < 1.29 is 14.3 Å². The summed E-state index contributed by atoms with van der Waals surface area (Å²) in [4.78, 5) is 17.4. The van der Waals surface area contributed by atoms with Gasteiger partial charge < -0.3 is 19.3 Å². The van der Waals surface area contributed by atoms with E-state index in [0.29, 0.717) is 22.9 Å². The highest BCUT2D eigenvalue weighted by Gasteiger charge is 2.42. The van der Waals surface area contributed by atoms with E-state index in [1.807, 2.05) is 29.2 Å². The average molecular weight is 314 g/mol. The molecule has 2 saturated heterocycles. The molecule has 5 heteroatoms. The molecule has 2 atom stereocenters. The van der Waals surface area contributed by atoms with Gasteiger partial charge in [-0.25, -0.2) is 0 Å². The van der Waals surface area contributed by atoms with Crippen LogP contribution in [0.15, 0.2) is 28.7 Å². The molecule has 23 heavy (non-hydrogen) atoms. The molecule has 0 spiro atoms. The number of aliphatic hydroxyl groups is 1. The van der Waals surface area contributed by atoms with E-state index in [9.17, 15) is 9.90 Å². The lowest BCUT2D eigenvalue weighted by atomic mass is 9.97. The van der Waals surface area contributed by atoms with Gasteiger partial charge in [0.05, 0.1) is 6.61 Å². The Morgan fingerprint density at radius 2 is 2.09 bits per heavy atom. The van der Waals surface area contributed by atoms with Crippen LogP contribution in [0.3, 0.4) is 0 Å². The summed E-state index contributed by atoms with van der Waals surface area (Å²) >= 11 is 0. The lowest BCUT2D eigenvalue weighted by Gasteiger charge is -2.37. The fraction of sp³-hybridized carbons (Fsp3) is 0.500. The molecule has 0 radical (unpaired) electrons. The van der Waals surface area contributed by atoms with Crippen LogP contribution in [0.5, 0.6) is 0 Å². The quantitative estimate of drug-likeness (QED) is 0.923. The van der Waals surface area contributed by atoms with Crippen molar-refractivity contribution >= 4 is 16.9 Å². The van der Waals surface area contributed by atoms with Gasteiger partial charge in [-0.2, -0.15) is 0 Å². The number of carbonyl (C=O) groups excluding carboxylic acids is 1. The smallest absolute Gasteiger partial charge is 0.290 e. The van der Waals surface area contributed by atoms with Crippen LogP contribution in [0, 0.1) is 0 Å². The summed E-state index contributed by atoms with van der Waals surface area (Å²) < 4.78 is 5.81. The number of furan rings is 1. The molecule has 4 rings (SSSR count). The molecule has 2 aliphatic rings. The highest BCUT2D eigenvalue weighted by Crippen LogP contribution is 2.33. The normalized spacial score (nSPS) is 25.0. The second-order valence-electron chi connectivity index (χ2n) is 6.61. The summed E-state index contributed by atoms with van der Waals surface area (Å²) in [5, 5.41) is 10.6. The van der Waals surface area contributed by atoms with Gasteiger partial charge in [-0.15, -0.1) is 0 Å². The molecule has 1 aromatic carbocycles. The first-order valence-corrected chi connectivity index (χ1v) is 8.33. The van der Waals surface area contributed by atoms with E-state index in [4.69, 9.17) is 4.42 Å². The van der Waals surface area contributed by atoms with E-state index in [-0.39, 0.29) is 18.6 Å². The number of hydrogen-bond donors (Lipinski definition) is 1. The van der Waals surface area contributed by atoms with Crippen LogP contribution in [-0.2, 0) is 6.61 Å². The van der Waals surface area contributed by atoms with E-state index < -0.39 is 0 Å². The van der Waals surface area contributed by atoms with Crippen molar-refractivity contribution in [3.05, 3.63) is 35.6 Å². The highest BCUT2D eigenvalue weighted by atomic mass is 16.3. The molecule has 2 aliphatic heterocycles. The van der Waals surface area contributed by atoms with Gasteiger partial charge in [0.25, 0.3) is 5.91 Å². The van der Waals surface area contributed by atoms with E-state index in [1.165, 1.54) is 0 Å². The third kappa shape index (κ3) is 2.26. The second-order valence-corrected chi connectivity index (χ2v) is 6.61. The van der Waals surface area contributed by atoms with Gasteiger partial charge in [0.2, 0.25) is 0 Å². The summed E-state index contributed by atoms with van der Waals surface area (Å²) in [7, 11) is 2.14. The Morgan fingerprint density at radius 3 is 2.91 bits per heavy atom. The number of piperidine rings is 1. The molecule has 2 fully saturated rings. The summed E-state index contributed by atoms with van der Waals surface area (Å²) in [5.74, 6) is 0.232. The lowest BCUT2D eigenvalue weighted by Crippen LogP contribution is -2.49. The number of aliphatic hydroxyl groups excluding tert-OH is 1. The van der Waals surface area contributed by atoms with E-state index in [1.54, 1.807) is 0 Å². The van der Waals surface area contributed by atoms with E-state index in [0.717, 1.165) is 37.7 Å². The Balaban J connectivity index is 1.69. The fourth-order valence-corrected chi connectivity index (χ4v) is 4.23. The van der Waals surface area contributed by atoms with Crippen molar-refractivity contribution in [3.8, 4) is 0 Å². The Kier molecular flexibility index (Phi) is 3.62. The summed E-state index contributed by atoms with van der Waals surface area (Å²) in [6, 6.07) is 8.22. The van der Waals surface area contributed by atoms with Crippen molar-refractivity contribution in [2.75, 3.05) is 20.1 Å². The highest BCUT2D eigenvalue weighted by molar-refractivity contribution is 5.99. The molecule has 1 N–H and O–H groups in total. The summed E-state index contributed by atoms with van der Waals surface area (Å²) in [6.45, 7) is 1.69. The number of carbonyl (C=O) groups is 1. The van der Waals surface area contributed by atoms with Crippen molar-refractivity contribution in [1.82, 2.24) is 9.80 Å². The Labute approximate surface area is 135 Å². The predicted molar refractivity (Wildman–Crippen MR) is 87.2 cm³/mol. The Hall–Kier alpha value is -1.85. The number of rotatable bonds is 2. The van der Waals surface area contributed by atoms with Crippen LogP contribution in [0.1, 0.15) is 35.4 Å². The van der Waals surface area contributed by atoms with Crippen molar-refractivity contribution in [3.63, 3.8) is 0 Å². The molecule has 1 aromatic heterocycles. The standard InChI is InChI=1S/C18H22N2O3/c1-19-9-4-6-15-14(19)8-10-20(15)18(22)17-13(11-21)12-5-2-3-7-16(12)23-17/h2-3,5,7,14-15,21H,4,6,8-11H2,1H3. The molecule has 5 nitrogen and oxygen atoms in total. The third-order valence-electron chi connectivity index (χ3n) is 5.40. The molecule has 2 aromatic rings. The molecule has 122 valence electrons. The zero-order valence-corrected chi connectivity index (χ0v) is 13.4. The van der Waals surface area contributed by atoms with Crippen LogP contribution in [0.2, 0.25) is 0 Å². The molecule has 0 bridgehead atoms. The van der Waals surface area contributed by atoms with Crippen LogP contribution in [0.4, 0.5) is 0 Å². The molecule has 3 heterocycles. The molecule has 2 unspecified atom stereocenters. The topological polar surface area (TPSA) is 56.9 Å². The summed E-state index contributed by atoms with van der Waals surface area (Å²) in [6.07, 6.45) is 3.19. The Morgan fingerprint density at radius 1 is 1.26 bits per heavy atom. The van der Waals surface area contributed by atoms with Crippen LogP contribution in [-0.4, -0.2) is 53.0 Å². The largest absolute Gasteiger partial charge is 0.451 e. The summed E-state index contributed by atoms with van der Waals surface area (Å²) in [5.41, 5.74) is 1.27. The zero-order chi connectivity index (χ0) is 16.0. The maximum absolute atomic E-state index is 13.1. The number of amides is 1. The molecular weight excluding hydrogens is 292 g/mol. The molecular formula is C18H22N2O3. The van der Waals surface area contributed by atoms with Gasteiger partial charge in [0.15, 0.2) is 5.76 Å². The van der Waals surface area contributed by atoms with Crippen LogP contribution >= 0.6 is 0 Å². The number of nitrogens with zero attached hydrogens (tertiary/aromatic N) is 2.